The number of amides is 2. The predicted molar refractivity (Wildman–Crippen MR) is 71.1 cm³/mol. The van der Waals surface area contributed by atoms with E-state index in [2.05, 4.69) is 0 Å². The summed E-state index contributed by atoms with van der Waals surface area (Å²) in [6.45, 7) is 1.88. The van der Waals surface area contributed by atoms with E-state index < -0.39 is 39.5 Å². The molecule has 10 heteroatoms. The Morgan fingerprint density at radius 3 is 2.04 bits per heavy atom. The van der Waals surface area contributed by atoms with Crippen molar-refractivity contribution in [3.05, 3.63) is 39.2 Å². The van der Waals surface area contributed by atoms with Crippen molar-refractivity contribution in [1.29, 1.82) is 0 Å². The summed E-state index contributed by atoms with van der Waals surface area (Å²) in [4.78, 5) is 35.4. The zero-order valence-electron chi connectivity index (χ0n) is 12.0. The molecular weight excluding hydrogens is 319 g/mol. The quantitative estimate of drug-likeness (QED) is 0.465. The summed E-state index contributed by atoms with van der Waals surface area (Å²) in [6, 6.07) is 0.382. The average Bonchev–Trinajstić information content (AvgIpc) is 2.52. The number of benzene rings is 1. The van der Waals surface area contributed by atoms with Crippen molar-refractivity contribution in [2.75, 3.05) is 26.2 Å². The van der Waals surface area contributed by atoms with Crippen molar-refractivity contribution < 1.29 is 27.7 Å². The molecule has 1 aliphatic rings. The Morgan fingerprint density at radius 2 is 1.57 bits per heavy atom. The van der Waals surface area contributed by atoms with Crippen LogP contribution in [0.25, 0.3) is 0 Å². The van der Waals surface area contributed by atoms with E-state index in [0.29, 0.717) is 6.07 Å². The monoisotopic (exact) mass is 331 g/mol. The van der Waals surface area contributed by atoms with Gasteiger partial charge < -0.3 is 9.80 Å². The number of rotatable bonds is 2. The molecule has 0 radical (unpaired) electrons. The summed E-state index contributed by atoms with van der Waals surface area (Å²) in [5.41, 5.74) is -2.22. The minimum atomic E-state index is -2.06. The van der Waals surface area contributed by atoms with Crippen molar-refractivity contribution in [3.63, 3.8) is 0 Å². The molecule has 1 aliphatic heterocycles. The zero-order valence-corrected chi connectivity index (χ0v) is 12.0. The molecule has 1 heterocycles. The molecule has 0 spiro atoms. The first-order valence-corrected chi connectivity index (χ1v) is 6.60. The molecule has 1 aromatic rings. The van der Waals surface area contributed by atoms with Crippen LogP contribution in [-0.2, 0) is 4.79 Å². The van der Waals surface area contributed by atoms with E-state index in [1.807, 2.05) is 0 Å². The Labute approximate surface area is 128 Å². The molecule has 124 valence electrons. The van der Waals surface area contributed by atoms with Crippen LogP contribution in [0.1, 0.15) is 17.3 Å². The molecule has 2 amide bonds. The summed E-state index contributed by atoms with van der Waals surface area (Å²) in [7, 11) is 0. The molecule has 0 atom stereocenters. The van der Waals surface area contributed by atoms with Crippen LogP contribution in [0.15, 0.2) is 6.07 Å². The normalized spacial score (nSPS) is 14.8. The Kier molecular flexibility index (Phi) is 4.52. The fraction of sp³-hybridized carbons (Fsp3) is 0.385. The van der Waals surface area contributed by atoms with Crippen molar-refractivity contribution in [2.24, 2.45) is 0 Å². The fourth-order valence-corrected chi connectivity index (χ4v) is 2.27. The van der Waals surface area contributed by atoms with Crippen molar-refractivity contribution in [3.8, 4) is 0 Å². The van der Waals surface area contributed by atoms with Gasteiger partial charge in [-0.2, -0.15) is 4.39 Å². The van der Waals surface area contributed by atoms with Gasteiger partial charge in [-0.3, -0.25) is 19.7 Å². The van der Waals surface area contributed by atoms with Gasteiger partial charge in [0.05, 0.1) is 10.5 Å². The number of hydrogen-bond donors (Lipinski definition) is 0. The highest BCUT2D eigenvalue weighted by molar-refractivity contribution is 5.95. The molecule has 1 fully saturated rings. The van der Waals surface area contributed by atoms with Crippen LogP contribution in [0.2, 0.25) is 0 Å². The van der Waals surface area contributed by atoms with Gasteiger partial charge in [0.2, 0.25) is 17.5 Å². The molecule has 1 aromatic carbocycles. The maximum absolute atomic E-state index is 13.8. The minimum Gasteiger partial charge on any atom is -0.339 e. The third-order valence-electron chi connectivity index (χ3n) is 3.57. The Morgan fingerprint density at radius 1 is 1.04 bits per heavy atom. The summed E-state index contributed by atoms with van der Waals surface area (Å²) in [5.74, 6) is -6.97. The number of nitro benzene ring substituents is 1. The van der Waals surface area contributed by atoms with Crippen LogP contribution >= 0.6 is 0 Å². The predicted octanol–water partition coefficient (Wildman–Crippen LogP) is 1.32. The van der Waals surface area contributed by atoms with Gasteiger partial charge in [0.1, 0.15) is 0 Å². The van der Waals surface area contributed by atoms with Crippen LogP contribution < -0.4 is 0 Å². The van der Waals surface area contributed by atoms with Crippen molar-refractivity contribution in [1.82, 2.24) is 9.80 Å². The number of carbonyl (C=O) groups excluding carboxylic acids is 2. The van der Waals surface area contributed by atoms with Crippen LogP contribution in [-0.4, -0.2) is 52.7 Å². The second-order valence-electron chi connectivity index (χ2n) is 4.94. The molecule has 7 nitrogen and oxygen atoms in total. The first-order chi connectivity index (χ1) is 10.7. The highest BCUT2D eigenvalue weighted by Gasteiger charge is 2.31. The zero-order chi connectivity index (χ0) is 17.3. The number of piperazine rings is 1. The van der Waals surface area contributed by atoms with Crippen LogP contribution in [0.4, 0.5) is 18.9 Å². The van der Waals surface area contributed by atoms with E-state index >= 15 is 0 Å². The highest BCUT2D eigenvalue weighted by Crippen LogP contribution is 2.26. The molecule has 0 unspecified atom stereocenters. The first-order valence-electron chi connectivity index (χ1n) is 6.60. The van der Waals surface area contributed by atoms with E-state index in [0.717, 1.165) is 4.90 Å². The lowest BCUT2D eigenvalue weighted by Gasteiger charge is -2.34. The highest BCUT2D eigenvalue weighted by atomic mass is 19.2. The third-order valence-corrected chi connectivity index (χ3v) is 3.57. The fourth-order valence-electron chi connectivity index (χ4n) is 2.27. The van der Waals surface area contributed by atoms with Gasteiger partial charge in [0, 0.05) is 39.2 Å². The third kappa shape index (κ3) is 3.10. The molecule has 23 heavy (non-hydrogen) atoms. The van der Waals surface area contributed by atoms with Gasteiger partial charge in [0.25, 0.3) is 5.91 Å². The van der Waals surface area contributed by atoms with Crippen LogP contribution in [0.5, 0.6) is 0 Å². The lowest BCUT2D eigenvalue weighted by atomic mass is 10.1. The maximum Gasteiger partial charge on any atom is 0.308 e. The number of hydrogen-bond acceptors (Lipinski definition) is 4. The minimum absolute atomic E-state index is 0.0602. The lowest BCUT2D eigenvalue weighted by Crippen LogP contribution is -2.50. The van der Waals surface area contributed by atoms with Crippen LogP contribution in [0, 0.1) is 27.6 Å². The summed E-state index contributed by atoms with van der Waals surface area (Å²) in [6.07, 6.45) is 0. The van der Waals surface area contributed by atoms with E-state index in [1.165, 1.54) is 11.8 Å². The Bertz CT molecular complexity index is 688. The van der Waals surface area contributed by atoms with Gasteiger partial charge in [-0.05, 0) is 0 Å². The second-order valence-corrected chi connectivity index (χ2v) is 4.94. The Balaban J connectivity index is 2.30. The number of nitro groups is 1. The molecular formula is C13H12F3N3O4. The molecule has 2 rings (SSSR count). The van der Waals surface area contributed by atoms with E-state index in [4.69, 9.17) is 0 Å². The van der Waals surface area contributed by atoms with Crippen LogP contribution in [0.3, 0.4) is 0 Å². The second kappa shape index (κ2) is 6.23. The average molecular weight is 331 g/mol. The molecule has 0 saturated carbocycles. The first kappa shape index (κ1) is 16.7. The van der Waals surface area contributed by atoms with Gasteiger partial charge in [-0.15, -0.1) is 0 Å². The molecule has 0 N–H and O–H groups in total. The largest absolute Gasteiger partial charge is 0.339 e. The van der Waals surface area contributed by atoms with Gasteiger partial charge >= 0.3 is 5.69 Å². The number of carbonyl (C=O) groups is 2. The van der Waals surface area contributed by atoms with E-state index in [9.17, 15) is 32.9 Å². The van der Waals surface area contributed by atoms with E-state index in [1.54, 1.807) is 0 Å². The molecule has 0 bridgehead atoms. The van der Waals surface area contributed by atoms with Gasteiger partial charge in [0.15, 0.2) is 5.82 Å². The van der Waals surface area contributed by atoms with Crippen molar-refractivity contribution >= 4 is 17.5 Å². The van der Waals surface area contributed by atoms with Crippen molar-refractivity contribution in [2.45, 2.75) is 6.92 Å². The summed E-state index contributed by atoms with van der Waals surface area (Å²) < 4.78 is 40.5. The van der Waals surface area contributed by atoms with Gasteiger partial charge in [-0.1, -0.05) is 0 Å². The Hall–Kier alpha value is -2.65. The van der Waals surface area contributed by atoms with E-state index in [-0.39, 0.29) is 32.1 Å². The topological polar surface area (TPSA) is 83.8 Å². The number of halogens is 3. The molecule has 0 aromatic heterocycles. The smallest absolute Gasteiger partial charge is 0.308 e. The standard InChI is InChI=1S/C13H12F3N3O4/c1-7(20)17-2-4-18(5-3-17)13(21)8-6-9(19(22)23)11(15)12(16)10(8)14/h6H,2-5H2,1H3. The molecule has 1 saturated heterocycles. The lowest BCUT2D eigenvalue weighted by molar-refractivity contribution is -0.387. The maximum atomic E-state index is 13.8. The SMILES string of the molecule is CC(=O)N1CCN(C(=O)c2cc([N+](=O)[O-])c(F)c(F)c2F)CC1. The molecule has 0 aliphatic carbocycles. The summed E-state index contributed by atoms with van der Waals surface area (Å²) in [5, 5.41) is 10.7. The summed E-state index contributed by atoms with van der Waals surface area (Å²) >= 11 is 0. The van der Waals surface area contributed by atoms with Gasteiger partial charge in [-0.25, -0.2) is 8.78 Å². The number of nitrogens with zero attached hydrogens (tertiary/aromatic N) is 3.